The molecule has 6 heteroatoms. The summed E-state index contributed by atoms with van der Waals surface area (Å²) in [6, 6.07) is 0.899. The van der Waals surface area contributed by atoms with Crippen LogP contribution in [0.2, 0.25) is 0 Å². The SMILES string of the molecule is CNc1snc(C)c1C(=O)N1CCC[C@H]1[C@@H]1CCCN1C. The molecule has 1 amide bonds. The first-order valence-corrected chi connectivity index (χ1v) is 8.56. The second kappa shape index (κ2) is 5.93. The molecule has 2 fully saturated rings. The van der Waals surface area contributed by atoms with Crippen LogP contribution in [0, 0.1) is 6.92 Å². The van der Waals surface area contributed by atoms with Gasteiger partial charge in [0.15, 0.2) is 0 Å². The van der Waals surface area contributed by atoms with Crippen molar-refractivity contribution in [2.75, 3.05) is 32.5 Å². The van der Waals surface area contributed by atoms with E-state index >= 15 is 0 Å². The molecule has 0 unspecified atom stereocenters. The van der Waals surface area contributed by atoms with Crippen molar-refractivity contribution in [1.29, 1.82) is 0 Å². The molecule has 2 atom stereocenters. The van der Waals surface area contributed by atoms with Crippen LogP contribution in [-0.2, 0) is 0 Å². The minimum atomic E-state index is 0.161. The summed E-state index contributed by atoms with van der Waals surface area (Å²) in [6.07, 6.45) is 4.71. The molecule has 3 rings (SSSR count). The summed E-state index contributed by atoms with van der Waals surface area (Å²) in [5, 5.41) is 4.00. The van der Waals surface area contributed by atoms with Gasteiger partial charge in [0.1, 0.15) is 5.00 Å². The fraction of sp³-hybridized carbons (Fsp3) is 0.733. The molecule has 1 aromatic rings. The Morgan fingerprint density at radius 1 is 1.29 bits per heavy atom. The van der Waals surface area contributed by atoms with E-state index in [4.69, 9.17) is 0 Å². The van der Waals surface area contributed by atoms with Gasteiger partial charge >= 0.3 is 0 Å². The van der Waals surface area contributed by atoms with E-state index in [0.717, 1.165) is 42.2 Å². The smallest absolute Gasteiger partial charge is 0.259 e. The molecule has 3 heterocycles. The predicted octanol–water partition coefficient (Wildman–Crippen LogP) is 2.19. The van der Waals surface area contributed by atoms with Gasteiger partial charge in [0.25, 0.3) is 5.91 Å². The van der Waals surface area contributed by atoms with E-state index < -0.39 is 0 Å². The molecule has 0 spiro atoms. The van der Waals surface area contributed by atoms with Gasteiger partial charge < -0.3 is 15.1 Å². The van der Waals surface area contributed by atoms with Crippen LogP contribution in [-0.4, -0.2) is 59.3 Å². The molecule has 0 aromatic carbocycles. The van der Waals surface area contributed by atoms with Crippen molar-refractivity contribution in [3.63, 3.8) is 0 Å². The molecule has 1 N–H and O–H groups in total. The van der Waals surface area contributed by atoms with Crippen molar-refractivity contribution >= 4 is 22.4 Å². The lowest BCUT2D eigenvalue weighted by Gasteiger charge is -2.33. The molecule has 2 aliphatic heterocycles. The maximum absolute atomic E-state index is 13.0. The summed E-state index contributed by atoms with van der Waals surface area (Å²) in [6.45, 7) is 3.97. The maximum Gasteiger partial charge on any atom is 0.259 e. The number of anilines is 1. The third-order valence-electron chi connectivity index (χ3n) is 4.88. The Morgan fingerprint density at radius 3 is 2.67 bits per heavy atom. The molecule has 116 valence electrons. The van der Waals surface area contributed by atoms with E-state index in [1.807, 2.05) is 14.0 Å². The molecule has 0 aliphatic carbocycles. The first-order chi connectivity index (χ1) is 10.1. The summed E-state index contributed by atoms with van der Waals surface area (Å²) in [5.74, 6) is 0.161. The zero-order valence-corrected chi connectivity index (χ0v) is 13.9. The fourth-order valence-corrected chi connectivity index (χ4v) is 4.54. The van der Waals surface area contributed by atoms with E-state index in [-0.39, 0.29) is 5.91 Å². The molecule has 0 bridgehead atoms. The van der Waals surface area contributed by atoms with Crippen LogP contribution in [0.4, 0.5) is 5.00 Å². The van der Waals surface area contributed by atoms with Gasteiger partial charge in [-0.25, -0.2) is 0 Å². The molecular weight excluding hydrogens is 284 g/mol. The number of rotatable bonds is 3. The zero-order valence-electron chi connectivity index (χ0n) is 13.1. The normalized spacial score (nSPS) is 26.5. The maximum atomic E-state index is 13.0. The average molecular weight is 308 g/mol. The highest BCUT2D eigenvalue weighted by atomic mass is 32.1. The molecular formula is C15H24N4OS. The monoisotopic (exact) mass is 308 g/mol. The third-order valence-corrected chi connectivity index (χ3v) is 5.84. The summed E-state index contributed by atoms with van der Waals surface area (Å²) < 4.78 is 4.34. The van der Waals surface area contributed by atoms with Gasteiger partial charge in [-0.1, -0.05) is 0 Å². The van der Waals surface area contributed by atoms with Crippen molar-refractivity contribution < 1.29 is 4.79 Å². The van der Waals surface area contributed by atoms with E-state index in [0.29, 0.717) is 12.1 Å². The molecule has 21 heavy (non-hydrogen) atoms. The van der Waals surface area contributed by atoms with E-state index in [2.05, 4.69) is 26.5 Å². The molecule has 0 radical (unpaired) electrons. The number of hydrogen-bond donors (Lipinski definition) is 1. The zero-order chi connectivity index (χ0) is 15.0. The summed E-state index contributed by atoms with van der Waals surface area (Å²) in [4.78, 5) is 17.5. The van der Waals surface area contributed by atoms with Crippen molar-refractivity contribution in [3.8, 4) is 0 Å². The van der Waals surface area contributed by atoms with Crippen LogP contribution in [0.5, 0.6) is 0 Å². The number of nitrogens with zero attached hydrogens (tertiary/aromatic N) is 3. The largest absolute Gasteiger partial charge is 0.378 e. The number of amides is 1. The minimum Gasteiger partial charge on any atom is -0.378 e. The summed E-state index contributed by atoms with van der Waals surface area (Å²) >= 11 is 1.38. The van der Waals surface area contributed by atoms with Crippen molar-refractivity contribution in [3.05, 3.63) is 11.3 Å². The minimum absolute atomic E-state index is 0.161. The van der Waals surface area contributed by atoms with Crippen molar-refractivity contribution in [1.82, 2.24) is 14.2 Å². The Labute approximate surface area is 130 Å². The summed E-state index contributed by atoms with van der Waals surface area (Å²) in [5.41, 5.74) is 1.62. The van der Waals surface area contributed by atoms with Crippen LogP contribution < -0.4 is 5.32 Å². The van der Waals surface area contributed by atoms with Crippen LogP contribution in [0.3, 0.4) is 0 Å². The number of hydrogen-bond acceptors (Lipinski definition) is 5. The summed E-state index contributed by atoms with van der Waals surface area (Å²) in [7, 11) is 4.05. The van der Waals surface area contributed by atoms with E-state index in [9.17, 15) is 4.79 Å². The highest BCUT2D eigenvalue weighted by molar-refractivity contribution is 7.10. The lowest BCUT2D eigenvalue weighted by Crippen LogP contribution is -2.47. The van der Waals surface area contributed by atoms with Gasteiger partial charge in [0.2, 0.25) is 0 Å². The first kappa shape index (κ1) is 14.8. The highest BCUT2D eigenvalue weighted by Gasteiger charge is 2.39. The van der Waals surface area contributed by atoms with Gasteiger partial charge in [0.05, 0.1) is 11.3 Å². The Morgan fingerprint density at radius 2 is 2.00 bits per heavy atom. The highest BCUT2D eigenvalue weighted by Crippen LogP contribution is 2.33. The van der Waals surface area contributed by atoms with Crippen LogP contribution >= 0.6 is 11.5 Å². The van der Waals surface area contributed by atoms with E-state index in [1.165, 1.54) is 24.4 Å². The number of likely N-dealkylation sites (tertiary alicyclic amines) is 2. The number of aromatic nitrogens is 1. The average Bonchev–Trinajstić information content (AvgIpc) is 3.16. The van der Waals surface area contributed by atoms with Crippen LogP contribution in [0.25, 0.3) is 0 Å². The third kappa shape index (κ3) is 2.55. The molecule has 5 nitrogen and oxygen atoms in total. The predicted molar refractivity (Wildman–Crippen MR) is 86.1 cm³/mol. The number of nitrogens with one attached hydrogen (secondary N) is 1. The standard InChI is InChI=1S/C15H24N4OS/c1-10-13(14(16-2)21-17-10)15(20)19-9-5-7-12(19)11-6-4-8-18(11)3/h11-12,16H,4-9H2,1-3H3/t11-,12-/m0/s1. The van der Waals surface area contributed by atoms with Crippen LogP contribution in [0.15, 0.2) is 0 Å². The lowest BCUT2D eigenvalue weighted by molar-refractivity contribution is 0.0665. The van der Waals surface area contributed by atoms with Gasteiger partial charge in [-0.3, -0.25) is 4.79 Å². The Kier molecular flexibility index (Phi) is 4.17. The van der Waals surface area contributed by atoms with Crippen molar-refractivity contribution in [2.24, 2.45) is 0 Å². The van der Waals surface area contributed by atoms with E-state index in [1.54, 1.807) is 0 Å². The number of likely N-dealkylation sites (N-methyl/N-ethyl adjacent to an activating group) is 1. The van der Waals surface area contributed by atoms with Gasteiger partial charge in [0, 0.05) is 25.7 Å². The molecule has 2 aliphatic rings. The number of carbonyl (C=O) groups excluding carboxylic acids is 1. The Bertz CT molecular complexity index is 530. The quantitative estimate of drug-likeness (QED) is 0.930. The molecule has 2 saturated heterocycles. The Hall–Kier alpha value is -1.14. The second-order valence-electron chi connectivity index (χ2n) is 6.12. The molecule has 0 saturated carbocycles. The number of carbonyl (C=O) groups is 1. The molecule has 1 aromatic heterocycles. The van der Waals surface area contributed by atoms with Gasteiger partial charge in [-0.15, -0.1) is 0 Å². The lowest BCUT2D eigenvalue weighted by atomic mass is 10.0. The topological polar surface area (TPSA) is 48.5 Å². The Balaban J connectivity index is 1.84. The first-order valence-electron chi connectivity index (χ1n) is 7.78. The van der Waals surface area contributed by atoms with Gasteiger partial charge in [-0.2, -0.15) is 4.37 Å². The fourth-order valence-electron chi connectivity index (χ4n) is 3.80. The van der Waals surface area contributed by atoms with Crippen LogP contribution in [0.1, 0.15) is 41.7 Å². The number of aryl methyl sites for hydroxylation is 1. The second-order valence-corrected chi connectivity index (χ2v) is 6.89. The van der Waals surface area contributed by atoms with Crippen molar-refractivity contribution in [2.45, 2.75) is 44.7 Å². The van der Waals surface area contributed by atoms with Gasteiger partial charge in [-0.05, 0) is 57.7 Å².